The van der Waals surface area contributed by atoms with Crippen molar-refractivity contribution in [3.05, 3.63) is 53.6 Å². The lowest BCUT2D eigenvalue weighted by Gasteiger charge is -2.31. The predicted molar refractivity (Wildman–Crippen MR) is 99.3 cm³/mol. The first kappa shape index (κ1) is 18.1. The van der Waals surface area contributed by atoms with Gasteiger partial charge in [-0.1, -0.05) is 30.3 Å². The van der Waals surface area contributed by atoms with E-state index in [1.54, 1.807) is 10.4 Å². The van der Waals surface area contributed by atoms with Gasteiger partial charge in [0.1, 0.15) is 12.3 Å². The number of rotatable bonds is 5. The van der Waals surface area contributed by atoms with Crippen molar-refractivity contribution in [2.75, 3.05) is 33.0 Å². The first-order chi connectivity index (χ1) is 13.0. The minimum absolute atomic E-state index is 0.0339. The molecule has 0 unspecified atom stereocenters. The highest BCUT2D eigenvalue weighted by atomic mass is 32.2. The van der Waals surface area contributed by atoms with Crippen molar-refractivity contribution >= 4 is 10.0 Å². The van der Waals surface area contributed by atoms with Crippen LogP contribution in [-0.4, -0.2) is 50.8 Å². The molecule has 0 bridgehead atoms. The van der Waals surface area contributed by atoms with Gasteiger partial charge in [-0.25, -0.2) is 8.42 Å². The Morgan fingerprint density at radius 2 is 1.70 bits per heavy atom. The number of sulfonamides is 1. The van der Waals surface area contributed by atoms with Crippen LogP contribution in [0, 0.1) is 0 Å². The molecule has 144 valence electrons. The molecule has 0 aliphatic carbocycles. The number of benzene rings is 2. The molecule has 0 atom stereocenters. The summed E-state index contributed by atoms with van der Waals surface area (Å²) in [5.74, 6) is 1.42. The normalized spacial score (nSPS) is 17.9. The maximum absolute atomic E-state index is 12.6. The average Bonchev–Trinajstić information content (AvgIpc) is 3.10. The average molecular weight is 391 g/mol. The minimum Gasteiger partial charge on any atom is -0.507 e. The molecule has 0 amide bonds. The van der Waals surface area contributed by atoms with Gasteiger partial charge in [0.15, 0.2) is 11.5 Å². The molecule has 2 aromatic carbocycles. The van der Waals surface area contributed by atoms with Crippen LogP contribution in [0.5, 0.6) is 17.2 Å². The zero-order chi connectivity index (χ0) is 18.9. The number of nitrogens with zero attached hydrogens (tertiary/aromatic N) is 1. The second-order valence-corrected chi connectivity index (χ2v) is 8.87. The predicted octanol–water partition coefficient (Wildman–Crippen LogP) is 0.351. The van der Waals surface area contributed by atoms with Gasteiger partial charge in [-0.3, -0.25) is 0 Å². The summed E-state index contributed by atoms with van der Waals surface area (Å²) >= 11 is 0. The summed E-state index contributed by atoms with van der Waals surface area (Å²) in [6.07, 6.45) is 0. The molecule has 8 heteroatoms. The van der Waals surface area contributed by atoms with Crippen LogP contribution >= 0.6 is 0 Å². The summed E-state index contributed by atoms with van der Waals surface area (Å²) in [6.45, 7) is 3.15. The van der Waals surface area contributed by atoms with Crippen LogP contribution in [0.2, 0.25) is 0 Å². The van der Waals surface area contributed by atoms with Gasteiger partial charge in [0.25, 0.3) is 0 Å². The van der Waals surface area contributed by atoms with Gasteiger partial charge in [-0.05, 0) is 11.6 Å². The van der Waals surface area contributed by atoms with Crippen molar-refractivity contribution in [1.29, 1.82) is 0 Å². The lowest BCUT2D eigenvalue weighted by atomic mass is 10.1. The van der Waals surface area contributed by atoms with Crippen molar-refractivity contribution in [2.45, 2.75) is 12.3 Å². The summed E-state index contributed by atoms with van der Waals surface area (Å²) in [4.78, 5) is 1.23. The second-order valence-electron chi connectivity index (χ2n) is 6.90. The molecule has 0 aromatic heterocycles. The topological polar surface area (TPSA) is 80.5 Å². The smallest absolute Gasteiger partial charge is 0.231 e. The Kier molecular flexibility index (Phi) is 4.94. The highest BCUT2D eigenvalue weighted by Gasteiger charge is 2.30. The van der Waals surface area contributed by atoms with Gasteiger partial charge in [0, 0.05) is 6.07 Å². The van der Waals surface area contributed by atoms with Gasteiger partial charge in [0.05, 0.1) is 37.5 Å². The SMILES string of the molecule is O=S(=O)(Cc1ccccc1)N1CC[NH+](Cc2cc3c(cc2O)OCO3)CC1. The summed E-state index contributed by atoms with van der Waals surface area (Å²) in [5.41, 5.74) is 1.59. The number of phenolic OH excluding ortho intramolecular Hbond substituents is 1. The van der Waals surface area contributed by atoms with Crippen LogP contribution in [0.3, 0.4) is 0 Å². The molecule has 2 N–H and O–H groups in total. The van der Waals surface area contributed by atoms with Crippen molar-refractivity contribution in [2.24, 2.45) is 0 Å². The molecule has 2 aliphatic rings. The summed E-state index contributed by atoms with van der Waals surface area (Å²) in [7, 11) is -3.31. The molecular weight excluding hydrogens is 368 g/mol. The lowest BCUT2D eigenvalue weighted by molar-refractivity contribution is -0.917. The molecule has 7 nitrogen and oxygen atoms in total. The number of ether oxygens (including phenoxy) is 2. The third-order valence-corrected chi connectivity index (χ3v) is 6.88. The van der Waals surface area contributed by atoms with Gasteiger partial charge < -0.3 is 19.5 Å². The van der Waals surface area contributed by atoms with Crippen LogP contribution in [0.1, 0.15) is 11.1 Å². The number of hydrogen-bond donors (Lipinski definition) is 2. The Labute approximate surface area is 158 Å². The Morgan fingerprint density at radius 1 is 1.04 bits per heavy atom. The van der Waals surface area contributed by atoms with Crippen LogP contribution in [-0.2, 0) is 22.3 Å². The van der Waals surface area contributed by atoms with Gasteiger partial charge >= 0.3 is 0 Å². The van der Waals surface area contributed by atoms with Crippen LogP contribution in [0.25, 0.3) is 0 Å². The molecule has 0 spiro atoms. The highest BCUT2D eigenvalue weighted by Crippen LogP contribution is 2.37. The van der Waals surface area contributed by atoms with E-state index >= 15 is 0 Å². The zero-order valence-electron chi connectivity index (χ0n) is 14.9. The van der Waals surface area contributed by atoms with Gasteiger partial charge in [0.2, 0.25) is 16.8 Å². The largest absolute Gasteiger partial charge is 0.507 e. The van der Waals surface area contributed by atoms with Crippen molar-refractivity contribution in [1.82, 2.24) is 4.31 Å². The number of hydrogen-bond acceptors (Lipinski definition) is 5. The van der Waals surface area contributed by atoms with Crippen LogP contribution < -0.4 is 14.4 Å². The summed E-state index contributed by atoms with van der Waals surface area (Å²) in [5, 5.41) is 10.2. The molecular formula is C19H23N2O5S+. The number of aromatic hydroxyl groups is 1. The van der Waals surface area contributed by atoms with Gasteiger partial charge in [-0.15, -0.1) is 0 Å². The van der Waals surface area contributed by atoms with E-state index in [-0.39, 0.29) is 18.3 Å². The molecule has 2 aliphatic heterocycles. The highest BCUT2D eigenvalue weighted by molar-refractivity contribution is 7.88. The molecule has 2 heterocycles. The van der Waals surface area contributed by atoms with Gasteiger partial charge in [-0.2, -0.15) is 4.31 Å². The Morgan fingerprint density at radius 3 is 2.41 bits per heavy atom. The molecule has 4 rings (SSSR count). The van der Waals surface area contributed by atoms with E-state index in [1.165, 1.54) is 4.90 Å². The van der Waals surface area contributed by atoms with Crippen LogP contribution in [0.15, 0.2) is 42.5 Å². The first-order valence-corrected chi connectivity index (χ1v) is 10.6. The number of phenols is 1. The monoisotopic (exact) mass is 391 g/mol. The fraction of sp³-hybridized carbons (Fsp3) is 0.368. The Hall–Kier alpha value is -2.29. The van der Waals surface area contributed by atoms with E-state index < -0.39 is 10.0 Å². The third-order valence-electron chi connectivity index (χ3n) is 5.03. The minimum atomic E-state index is -3.31. The molecule has 0 radical (unpaired) electrons. The van der Waals surface area contributed by atoms with Crippen molar-refractivity contribution in [3.8, 4) is 17.2 Å². The second kappa shape index (κ2) is 7.38. The third kappa shape index (κ3) is 4.02. The molecule has 1 fully saturated rings. The zero-order valence-corrected chi connectivity index (χ0v) is 15.7. The molecule has 0 saturated carbocycles. The molecule has 1 saturated heterocycles. The molecule has 2 aromatic rings. The lowest BCUT2D eigenvalue weighted by Crippen LogP contribution is -3.13. The maximum atomic E-state index is 12.6. The van der Waals surface area contributed by atoms with E-state index in [9.17, 15) is 13.5 Å². The standard InChI is InChI=1S/C19H22N2O5S/c22-17-11-19-18(25-14-26-19)10-16(17)12-20-6-8-21(9-7-20)27(23,24)13-15-4-2-1-3-5-15/h1-5,10-11,22H,6-9,12-14H2/p+1. The van der Waals surface area contributed by atoms with E-state index in [2.05, 4.69) is 0 Å². The molecule has 27 heavy (non-hydrogen) atoms. The first-order valence-electron chi connectivity index (χ1n) is 8.98. The Bertz CT molecular complexity index is 909. The quantitative estimate of drug-likeness (QED) is 0.769. The fourth-order valence-corrected chi connectivity index (χ4v) is 5.05. The number of nitrogens with one attached hydrogen (secondary N) is 1. The Balaban J connectivity index is 1.36. The maximum Gasteiger partial charge on any atom is 0.231 e. The summed E-state index contributed by atoms with van der Waals surface area (Å²) < 4.78 is 37.5. The van der Waals surface area contributed by atoms with E-state index in [4.69, 9.17) is 9.47 Å². The van der Waals surface area contributed by atoms with Crippen LogP contribution in [0.4, 0.5) is 0 Å². The van der Waals surface area contributed by atoms with E-state index in [1.807, 2.05) is 36.4 Å². The fourth-order valence-electron chi connectivity index (χ4n) is 3.52. The number of quaternary nitrogens is 1. The number of fused-ring (bicyclic) bond motifs is 1. The summed E-state index contributed by atoms with van der Waals surface area (Å²) in [6, 6.07) is 12.6. The van der Waals surface area contributed by atoms with E-state index in [0.717, 1.165) is 11.1 Å². The van der Waals surface area contributed by atoms with Crippen molar-refractivity contribution in [3.63, 3.8) is 0 Å². The number of piperazine rings is 1. The van der Waals surface area contributed by atoms with E-state index in [0.29, 0.717) is 44.2 Å². The van der Waals surface area contributed by atoms with Crippen molar-refractivity contribution < 1.29 is 27.9 Å².